The van der Waals surface area contributed by atoms with E-state index in [2.05, 4.69) is 149 Å². The summed E-state index contributed by atoms with van der Waals surface area (Å²) in [4.78, 5) is 9.44. The normalized spacial score (nSPS) is 7.80. The lowest BCUT2D eigenvalue weighted by Crippen LogP contribution is -1.75. The fraction of sp³-hybridized carbons (Fsp3) is 0.172. The molecule has 0 aliphatic rings. The average Bonchev–Trinajstić information content (AvgIpc) is 3.05. The van der Waals surface area contributed by atoms with E-state index in [0.29, 0.717) is 0 Å². The standard InChI is InChI=1S/C14H10.C10H8.4CH3N3.CH4/c1-3-7-13-11(5-1)9-10-12-6-2-4-8-14(12)13;1-2-6-10-8-4-3-7-9(10)5-1;4*1-3-4-2;/h1-10H;1-8H;4*1H3;1H4. The second kappa shape index (κ2) is 25.8. The van der Waals surface area contributed by atoms with Crippen molar-refractivity contribution in [3.8, 4) is 0 Å². The van der Waals surface area contributed by atoms with Crippen molar-refractivity contribution < 1.29 is 0 Å². The summed E-state index contributed by atoms with van der Waals surface area (Å²) in [6.07, 6.45) is 0. The second-order valence-electron chi connectivity index (χ2n) is 7.01. The van der Waals surface area contributed by atoms with Crippen LogP contribution in [0.25, 0.3) is 74.1 Å². The van der Waals surface area contributed by atoms with E-state index in [0.717, 1.165) is 0 Å². The van der Waals surface area contributed by atoms with Crippen molar-refractivity contribution in [3.05, 3.63) is 151 Å². The number of fused-ring (bicyclic) bond motifs is 4. The third kappa shape index (κ3) is 15.9. The molecule has 5 rings (SSSR count). The van der Waals surface area contributed by atoms with Crippen LogP contribution in [0.5, 0.6) is 0 Å². The van der Waals surface area contributed by atoms with Crippen molar-refractivity contribution in [2.45, 2.75) is 7.43 Å². The van der Waals surface area contributed by atoms with E-state index < -0.39 is 0 Å². The summed E-state index contributed by atoms with van der Waals surface area (Å²) in [5.74, 6) is 0. The smallest absolute Gasteiger partial charge is 0.0139 e. The minimum Gasteiger partial charge on any atom is -0.0973 e. The molecule has 0 amide bonds. The van der Waals surface area contributed by atoms with Crippen molar-refractivity contribution in [1.29, 1.82) is 0 Å². The van der Waals surface area contributed by atoms with Crippen LogP contribution in [-0.2, 0) is 0 Å². The van der Waals surface area contributed by atoms with E-state index >= 15 is 0 Å². The highest BCUT2D eigenvalue weighted by Gasteiger charge is 1.97. The molecule has 0 saturated carbocycles. The highest BCUT2D eigenvalue weighted by atomic mass is 15.1. The second-order valence-corrected chi connectivity index (χ2v) is 7.01. The minimum absolute atomic E-state index is 0. The molecule has 12 nitrogen and oxygen atoms in total. The zero-order valence-electron chi connectivity index (χ0n) is 22.8. The molecule has 0 aliphatic carbocycles. The lowest BCUT2D eigenvalue weighted by molar-refractivity contribution is 1.40. The molecule has 0 bridgehead atoms. The Morgan fingerprint density at radius 1 is 0.366 bits per heavy atom. The van der Waals surface area contributed by atoms with E-state index in [9.17, 15) is 0 Å². The molecule has 12 heteroatoms. The van der Waals surface area contributed by atoms with E-state index in [1.54, 1.807) is 0 Å². The summed E-state index contributed by atoms with van der Waals surface area (Å²) in [6, 6.07) is 38.1. The molecule has 0 aromatic heterocycles. The summed E-state index contributed by atoms with van der Waals surface area (Å²) in [6.45, 7) is 0. The quantitative estimate of drug-likeness (QED) is 0.0765. The lowest BCUT2D eigenvalue weighted by atomic mass is 10.0. The Morgan fingerprint density at radius 2 is 0.561 bits per heavy atom. The highest BCUT2D eigenvalue weighted by molar-refractivity contribution is 6.07. The number of hydrogen-bond acceptors (Lipinski definition) is 4. The molecular weight excluding hydrogens is 516 g/mol. The highest BCUT2D eigenvalue weighted by Crippen LogP contribution is 2.24. The minimum atomic E-state index is 0. The number of nitrogens with zero attached hydrogens (tertiary/aromatic N) is 12. The molecule has 0 heterocycles. The van der Waals surface area contributed by atoms with Crippen LogP contribution in [0.3, 0.4) is 0 Å². The summed E-state index contributed by atoms with van der Waals surface area (Å²) < 4.78 is 0. The first-order valence-corrected chi connectivity index (χ1v) is 11.6. The van der Waals surface area contributed by atoms with Crippen molar-refractivity contribution in [2.24, 2.45) is 20.5 Å². The third-order valence-corrected chi connectivity index (χ3v) is 4.67. The van der Waals surface area contributed by atoms with Gasteiger partial charge in [0.05, 0.1) is 0 Å². The molecule has 0 saturated heterocycles. The summed E-state index contributed by atoms with van der Waals surface area (Å²) in [5, 5.41) is 19.6. The first kappa shape index (κ1) is 37.3. The molecule has 0 unspecified atom stereocenters. The molecule has 0 aliphatic heterocycles. The molecule has 0 N–H and O–H groups in total. The molecule has 0 atom stereocenters. The predicted octanol–water partition coefficient (Wildman–Crippen LogP) is 11.2. The first-order valence-electron chi connectivity index (χ1n) is 11.6. The number of benzene rings is 5. The Hall–Kier alpha value is -5.88. The van der Waals surface area contributed by atoms with Gasteiger partial charge in [-0.05, 0) is 54.4 Å². The molecule has 210 valence electrons. The number of azide groups is 4. The summed E-state index contributed by atoms with van der Waals surface area (Å²) >= 11 is 0. The van der Waals surface area contributed by atoms with Gasteiger partial charge in [0, 0.05) is 47.8 Å². The van der Waals surface area contributed by atoms with Crippen molar-refractivity contribution in [2.75, 3.05) is 28.2 Å². The van der Waals surface area contributed by atoms with Gasteiger partial charge in [-0.1, -0.05) is 137 Å². The van der Waals surface area contributed by atoms with Crippen LogP contribution in [0.2, 0.25) is 0 Å². The zero-order chi connectivity index (χ0) is 29.8. The maximum Gasteiger partial charge on any atom is 0.0139 e. The van der Waals surface area contributed by atoms with Gasteiger partial charge >= 0.3 is 0 Å². The lowest BCUT2D eigenvalue weighted by Gasteiger charge is -2.02. The average molecular weight is 551 g/mol. The Labute approximate surface area is 239 Å². The molecule has 5 aromatic carbocycles. The van der Waals surface area contributed by atoms with Crippen LogP contribution in [0, 0.1) is 0 Å². The Balaban J connectivity index is 0. The van der Waals surface area contributed by atoms with Crippen LogP contribution < -0.4 is 0 Å². The Kier molecular flexibility index (Phi) is 23.4. The van der Waals surface area contributed by atoms with E-state index in [4.69, 9.17) is 22.1 Å². The SMILES string of the molecule is C.CN=[N+]=[N-].CN=[N+]=[N-].CN=[N+]=[N-].CN=[N+]=[N-].c1ccc2c(c1)ccc1ccccc12.c1ccc2ccccc2c1. The van der Waals surface area contributed by atoms with Gasteiger partial charge in [-0.2, -0.15) is 0 Å². The number of hydrogen-bond donors (Lipinski definition) is 0. The van der Waals surface area contributed by atoms with Gasteiger partial charge in [0.1, 0.15) is 0 Å². The maximum atomic E-state index is 7.33. The molecule has 5 aromatic rings. The topological polar surface area (TPSA) is 195 Å². The van der Waals surface area contributed by atoms with E-state index in [1.807, 2.05) is 0 Å². The zero-order valence-corrected chi connectivity index (χ0v) is 22.8. The third-order valence-electron chi connectivity index (χ3n) is 4.67. The van der Waals surface area contributed by atoms with Gasteiger partial charge in [-0.3, -0.25) is 0 Å². The van der Waals surface area contributed by atoms with Crippen LogP contribution >= 0.6 is 0 Å². The van der Waals surface area contributed by atoms with E-state index in [1.165, 1.54) is 60.5 Å². The number of rotatable bonds is 0. The van der Waals surface area contributed by atoms with Gasteiger partial charge in [0.15, 0.2) is 0 Å². The van der Waals surface area contributed by atoms with Crippen molar-refractivity contribution in [3.63, 3.8) is 0 Å². The Morgan fingerprint density at radius 3 is 0.780 bits per heavy atom. The molecular formula is C29H34N12. The molecule has 0 fully saturated rings. The summed E-state index contributed by atoms with van der Waals surface area (Å²) in [5.41, 5.74) is 29.3. The maximum absolute atomic E-state index is 7.33. The van der Waals surface area contributed by atoms with Crippen LogP contribution in [0.15, 0.2) is 130 Å². The van der Waals surface area contributed by atoms with Crippen molar-refractivity contribution >= 4 is 32.3 Å². The molecule has 0 radical (unpaired) electrons. The van der Waals surface area contributed by atoms with Crippen LogP contribution in [-0.4, -0.2) is 28.2 Å². The Bertz CT molecular complexity index is 1440. The molecule has 41 heavy (non-hydrogen) atoms. The predicted molar refractivity (Wildman–Crippen MR) is 172 cm³/mol. The van der Waals surface area contributed by atoms with Gasteiger partial charge in [-0.15, -0.1) is 0 Å². The summed E-state index contributed by atoms with van der Waals surface area (Å²) in [7, 11) is 5.56. The largest absolute Gasteiger partial charge is 0.0973 e. The first-order chi connectivity index (χ1) is 19.6. The van der Waals surface area contributed by atoms with Crippen LogP contribution in [0.4, 0.5) is 0 Å². The fourth-order valence-electron chi connectivity index (χ4n) is 3.09. The fourth-order valence-corrected chi connectivity index (χ4v) is 3.09. The molecule has 0 spiro atoms. The van der Waals surface area contributed by atoms with Gasteiger partial charge < -0.3 is 0 Å². The van der Waals surface area contributed by atoms with Crippen molar-refractivity contribution in [1.82, 2.24) is 0 Å². The van der Waals surface area contributed by atoms with Crippen LogP contribution in [0.1, 0.15) is 7.43 Å². The van der Waals surface area contributed by atoms with Gasteiger partial charge in [-0.25, -0.2) is 0 Å². The van der Waals surface area contributed by atoms with E-state index in [-0.39, 0.29) is 7.43 Å². The van der Waals surface area contributed by atoms with Gasteiger partial charge in [0.25, 0.3) is 0 Å². The van der Waals surface area contributed by atoms with Gasteiger partial charge in [0.2, 0.25) is 0 Å². The monoisotopic (exact) mass is 550 g/mol.